The molecule has 2 rings (SSSR count). The second-order valence-corrected chi connectivity index (χ2v) is 5.57. The van der Waals surface area contributed by atoms with E-state index in [1.165, 1.54) is 0 Å². The van der Waals surface area contributed by atoms with Crippen molar-refractivity contribution in [3.63, 3.8) is 0 Å². The van der Waals surface area contributed by atoms with Crippen LogP contribution >= 0.6 is 11.6 Å². The lowest BCUT2D eigenvalue weighted by Crippen LogP contribution is -2.13. The third-order valence-corrected chi connectivity index (χ3v) is 3.66. The summed E-state index contributed by atoms with van der Waals surface area (Å²) in [6.45, 7) is 5.99. The van der Waals surface area contributed by atoms with Crippen LogP contribution in [0.25, 0.3) is 0 Å². The predicted octanol–water partition coefficient (Wildman–Crippen LogP) is 4.48. The lowest BCUT2D eigenvalue weighted by Gasteiger charge is -2.17. The third-order valence-electron chi connectivity index (χ3n) is 3.15. The van der Waals surface area contributed by atoms with Crippen LogP contribution in [0.4, 0.5) is 0 Å². The SMILES string of the molecule is Cc1cccc(C(N)c2cccc(OC(C)C)c2)c1Cl. The fourth-order valence-corrected chi connectivity index (χ4v) is 2.39. The standard InChI is InChI=1S/C17H20ClNO/c1-11(2)20-14-8-5-7-13(10-14)17(19)15-9-4-6-12(3)16(15)18/h4-11,17H,19H2,1-3H3. The van der Waals surface area contributed by atoms with E-state index in [1.54, 1.807) is 0 Å². The van der Waals surface area contributed by atoms with E-state index in [2.05, 4.69) is 0 Å². The van der Waals surface area contributed by atoms with Crippen LogP contribution in [-0.4, -0.2) is 6.10 Å². The number of aryl methyl sites for hydroxylation is 1. The summed E-state index contributed by atoms with van der Waals surface area (Å²) in [6, 6.07) is 13.5. The number of ether oxygens (including phenoxy) is 1. The molecule has 0 saturated heterocycles. The quantitative estimate of drug-likeness (QED) is 0.900. The first-order valence-corrected chi connectivity index (χ1v) is 7.14. The van der Waals surface area contributed by atoms with Gasteiger partial charge in [0, 0.05) is 5.02 Å². The third kappa shape index (κ3) is 3.33. The maximum Gasteiger partial charge on any atom is 0.120 e. The Morgan fingerprint density at radius 3 is 2.50 bits per heavy atom. The smallest absolute Gasteiger partial charge is 0.120 e. The van der Waals surface area contributed by atoms with Gasteiger partial charge in [0.25, 0.3) is 0 Å². The molecule has 0 aliphatic heterocycles. The number of hydrogen-bond acceptors (Lipinski definition) is 2. The molecule has 2 aromatic rings. The summed E-state index contributed by atoms with van der Waals surface area (Å²) in [6.07, 6.45) is 0.143. The number of nitrogens with two attached hydrogens (primary N) is 1. The molecule has 3 heteroatoms. The molecule has 0 heterocycles. The van der Waals surface area contributed by atoms with E-state index in [-0.39, 0.29) is 12.1 Å². The monoisotopic (exact) mass is 289 g/mol. The first-order valence-electron chi connectivity index (χ1n) is 6.76. The van der Waals surface area contributed by atoms with Crippen molar-refractivity contribution in [3.8, 4) is 5.75 Å². The Hall–Kier alpha value is -1.51. The van der Waals surface area contributed by atoms with Gasteiger partial charge in [-0.3, -0.25) is 0 Å². The highest BCUT2D eigenvalue weighted by Gasteiger charge is 2.14. The van der Waals surface area contributed by atoms with Crippen molar-refractivity contribution in [2.75, 3.05) is 0 Å². The van der Waals surface area contributed by atoms with Gasteiger partial charge in [0.1, 0.15) is 5.75 Å². The van der Waals surface area contributed by atoms with Gasteiger partial charge in [-0.05, 0) is 49.6 Å². The summed E-state index contributed by atoms with van der Waals surface area (Å²) in [5.74, 6) is 0.830. The fourth-order valence-electron chi connectivity index (χ4n) is 2.14. The van der Waals surface area contributed by atoms with Gasteiger partial charge in [0.2, 0.25) is 0 Å². The fraction of sp³-hybridized carbons (Fsp3) is 0.294. The minimum Gasteiger partial charge on any atom is -0.491 e. The Morgan fingerprint density at radius 2 is 1.80 bits per heavy atom. The summed E-state index contributed by atoms with van der Waals surface area (Å²) >= 11 is 6.35. The van der Waals surface area contributed by atoms with Crippen LogP contribution in [0.5, 0.6) is 5.75 Å². The lowest BCUT2D eigenvalue weighted by molar-refractivity contribution is 0.242. The molecule has 0 aliphatic carbocycles. The molecular formula is C17H20ClNO. The molecule has 0 fully saturated rings. The topological polar surface area (TPSA) is 35.2 Å². The Kier molecular flexibility index (Phi) is 4.69. The van der Waals surface area contributed by atoms with Crippen LogP contribution in [-0.2, 0) is 0 Å². The molecule has 2 nitrogen and oxygen atoms in total. The van der Waals surface area contributed by atoms with Gasteiger partial charge in [0.15, 0.2) is 0 Å². The van der Waals surface area contributed by atoms with Crippen molar-refractivity contribution in [2.24, 2.45) is 5.73 Å². The van der Waals surface area contributed by atoms with E-state index < -0.39 is 0 Å². The number of hydrogen-bond donors (Lipinski definition) is 1. The van der Waals surface area contributed by atoms with Crippen molar-refractivity contribution in [1.82, 2.24) is 0 Å². The first-order chi connectivity index (χ1) is 9.49. The van der Waals surface area contributed by atoms with Gasteiger partial charge in [-0.2, -0.15) is 0 Å². The van der Waals surface area contributed by atoms with Crippen LogP contribution < -0.4 is 10.5 Å². The molecule has 0 radical (unpaired) electrons. The molecule has 0 aliphatic rings. The molecule has 0 amide bonds. The molecule has 0 saturated carbocycles. The highest BCUT2D eigenvalue weighted by molar-refractivity contribution is 6.32. The van der Waals surface area contributed by atoms with Crippen LogP contribution in [0.15, 0.2) is 42.5 Å². The Bertz CT molecular complexity index is 595. The van der Waals surface area contributed by atoms with E-state index in [0.717, 1.165) is 27.5 Å². The van der Waals surface area contributed by atoms with E-state index in [1.807, 2.05) is 63.2 Å². The molecule has 0 bridgehead atoms. The zero-order chi connectivity index (χ0) is 14.7. The van der Waals surface area contributed by atoms with Gasteiger partial charge >= 0.3 is 0 Å². The minimum atomic E-state index is -0.252. The predicted molar refractivity (Wildman–Crippen MR) is 84.4 cm³/mol. The maximum atomic E-state index is 6.35. The Labute approximate surface area is 125 Å². The van der Waals surface area contributed by atoms with E-state index in [4.69, 9.17) is 22.1 Å². The highest BCUT2D eigenvalue weighted by Crippen LogP contribution is 2.30. The van der Waals surface area contributed by atoms with Crippen molar-refractivity contribution >= 4 is 11.6 Å². The van der Waals surface area contributed by atoms with E-state index >= 15 is 0 Å². The maximum absolute atomic E-state index is 6.35. The number of rotatable bonds is 4. The van der Waals surface area contributed by atoms with Crippen LogP contribution in [0.3, 0.4) is 0 Å². The Morgan fingerprint density at radius 1 is 1.10 bits per heavy atom. The van der Waals surface area contributed by atoms with Gasteiger partial charge in [-0.1, -0.05) is 41.9 Å². The molecule has 20 heavy (non-hydrogen) atoms. The number of benzene rings is 2. The summed E-state index contributed by atoms with van der Waals surface area (Å²) < 4.78 is 5.71. The molecule has 0 spiro atoms. The second-order valence-electron chi connectivity index (χ2n) is 5.19. The molecule has 1 unspecified atom stereocenters. The molecule has 106 valence electrons. The lowest BCUT2D eigenvalue weighted by atomic mass is 9.98. The second kappa shape index (κ2) is 6.29. The molecular weight excluding hydrogens is 270 g/mol. The van der Waals surface area contributed by atoms with Crippen LogP contribution in [0, 0.1) is 6.92 Å². The largest absolute Gasteiger partial charge is 0.491 e. The van der Waals surface area contributed by atoms with Crippen molar-refractivity contribution < 1.29 is 4.74 Å². The molecule has 0 aromatic heterocycles. The van der Waals surface area contributed by atoms with E-state index in [0.29, 0.717) is 0 Å². The van der Waals surface area contributed by atoms with Gasteiger partial charge in [-0.15, -0.1) is 0 Å². The minimum absolute atomic E-state index is 0.143. The van der Waals surface area contributed by atoms with Crippen molar-refractivity contribution in [1.29, 1.82) is 0 Å². The van der Waals surface area contributed by atoms with E-state index in [9.17, 15) is 0 Å². The van der Waals surface area contributed by atoms with Crippen LogP contribution in [0.2, 0.25) is 5.02 Å². The molecule has 2 aromatic carbocycles. The highest BCUT2D eigenvalue weighted by atomic mass is 35.5. The Balaban J connectivity index is 2.33. The van der Waals surface area contributed by atoms with Gasteiger partial charge in [-0.25, -0.2) is 0 Å². The zero-order valence-electron chi connectivity index (χ0n) is 12.1. The summed E-state index contributed by atoms with van der Waals surface area (Å²) in [5.41, 5.74) is 9.32. The normalized spacial score (nSPS) is 12.5. The first kappa shape index (κ1) is 14.9. The average molecular weight is 290 g/mol. The average Bonchev–Trinajstić information content (AvgIpc) is 2.41. The van der Waals surface area contributed by atoms with Crippen molar-refractivity contribution in [3.05, 3.63) is 64.2 Å². The summed E-state index contributed by atoms with van der Waals surface area (Å²) in [4.78, 5) is 0. The molecule has 1 atom stereocenters. The van der Waals surface area contributed by atoms with Crippen molar-refractivity contribution in [2.45, 2.75) is 32.9 Å². The molecule has 2 N–H and O–H groups in total. The zero-order valence-corrected chi connectivity index (χ0v) is 12.8. The van der Waals surface area contributed by atoms with Gasteiger partial charge < -0.3 is 10.5 Å². The summed E-state index contributed by atoms with van der Waals surface area (Å²) in [7, 11) is 0. The van der Waals surface area contributed by atoms with Gasteiger partial charge in [0.05, 0.1) is 12.1 Å². The van der Waals surface area contributed by atoms with Crippen LogP contribution in [0.1, 0.15) is 36.6 Å². The summed E-state index contributed by atoms with van der Waals surface area (Å²) in [5, 5.41) is 0.732. The number of halogens is 1.